The minimum atomic E-state index is -0.963. The molecule has 0 spiro atoms. The normalized spacial score (nSPS) is 11.4. The molecule has 0 fully saturated rings. The van der Waals surface area contributed by atoms with Crippen molar-refractivity contribution < 1.29 is 28.7 Å². The minimum Gasteiger partial charge on any atom is -0.497 e. The van der Waals surface area contributed by atoms with Crippen LogP contribution >= 0.6 is 0 Å². The Kier molecular flexibility index (Phi) is 9.80. The van der Waals surface area contributed by atoms with E-state index in [1.165, 1.54) is 13.0 Å². The van der Waals surface area contributed by atoms with E-state index in [1.54, 1.807) is 37.5 Å². The highest BCUT2D eigenvalue weighted by atomic mass is 16.5. The summed E-state index contributed by atoms with van der Waals surface area (Å²) in [6.07, 6.45) is 3.58. The molecule has 9 nitrogen and oxygen atoms in total. The van der Waals surface area contributed by atoms with Crippen LogP contribution in [-0.2, 0) is 19.1 Å². The van der Waals surface area contributed by atoms with E-state index in [0.717, 1.165) is 12.0 Å². The average molecular weight is 391 g/mol. The van der Waals surface area contributed by atoms with E-state index in [2.05, 4.69) is 10.6 Å². The Labute approximate surface area is 163 Å². The van der Waals surface area contributed by atoms with Crippen molar-refractivity contribution in [3.8, 4) is 5.75 Å². The Morgan fingerprint density at radius 2 is 1.82 bits per heavy atom. The van der Waals surface area contributed by atoms with Gasteiger partial charge in [-0.1, -0.05) is 19.1 Å². The fraction of sp³-hybridized carbons (Fsp3) is 0.368. The zero-order chi connectivity index (χ0) is 20.9. The Morgan fingerprint density at radius 3 is 2.43 bits per heavy atom. The van der Waals surface area contributed by atoms with Crippen molar-refractivity contribution in [1.82, 2.24) is 16.0 Å². The molecular formula is C19H25N3O6. The lowest BCUT2D eigenvalue weighted by Crippen LogP contribution is -2.43. The first kappa shape index (κ1) is 22.7. The van der Waals surface area contributed by atoms with Crippen LogP contribution in [0.4, 0.5) is 4.79 Å². The first-order valence-electron chi connectivity index (χ1n) is 8.72. The van der Waals surface area contributed by atoms with Crippen LogP contribution in [0, 0.1) is 0 Å². The molecule has 0 saturated carbocycles. The second-order valence-corrected chi connectivity index (χ2v) is 5.75. The molecule has 0 saturated heterocycles. The van der Waals surface area contributed by atoms with Gasteiger partial charge in [-0.2, -0.15) is 0 Å². The van der Waals surface area contributed by atoms with Crippen LogP contribution in [-0.4, -0.2) is 50.1 Å². The Bertz CT molecular complexity index is 715. The van der Waals surface area contributed by atoms with Crippen molar-refractivity contribution >= 4 is 29.9 Å². The molecule has 3 N–H and O–H groups in total. The quantitative estimate of drug-likeness (QED) is 0.426. The van der Waals surface area contributed by atoms with Crippen LogP contribution in [0.25, 0.3) is 6.08 Å². The van der Waals surface area contributed by atoms with Gasteiger partial charge < -0.3 is 20.1 Å². The van der Waals surface area contributed by atoms with Gasteiger partial charge in [0.15, 0.2) is 6.61 Å². The number of nitrogens with one attached hydrogen (secondary N) is 3. The van der Waals surface area contributed by atoms with Crippen molar-refractivity contribution in [2.24, 2.45) is 0 Å². The Hall–Kier alpha value is -3.36. The van der Waals surface area contributed by atoms with Crippen molar-refractivity contribution in [2.75, 3.05) is 20.3 Å². The van der Waals surface area contributed by atoms with E-state index in [-0.39, 0.29) is 0 Å². The summed E-state index contributed by atoms with van der Waals surface area (Å²) < 4.78 is 9.82. The lowest BCUT2D eigenvalue weighted by molar-refractivity contribution is -0.150. The van der Waals surface area contributed by atoms with Crippen LogP contribution in [0.1, 0.15) is 25.8 Å². The molecule has 0 radical (unpaired) electrons. The predicted octanol–water partition coefficient (Wildman–Crippen LogP) is 0.992. The molecular weight excluding hydrogens is 366 g/mol. The van der Waals surface area contributed by atoms with Crippen LogP contribution in [0.15, 0.2) is 30.3 Å². The van der Waals surface area contributed by atoms with E-state index in [9.17, 15) is 19.2 Å². The van der Waals surface area contributed by atoms with Crippen molar-refractivity contribution in [2.45, 2.75) is 26.3 Å². The highest BCUT2D eigenvalue weighted by molar-refractivity contribution is 5.96. The molecule has 1 aromatic rings. The van der Waals surface area contributed by atoms with Gasteiger partial charge >= 0.3 is 12.0 Å². The summed E-state index contributed by atoms with van der Waals surface area (Å²) in [4.78, 5) is 46.5. The molecule has 0 aliphatic heterocycles. The fourth-order valence-electron chi connectivity index (χ4n) is 1.91. The third kappa shape index (κ3) is 8.84. The smallest absolute Gasteiger partial charge is 0.328 e. The van der Waals surface area contributed by atoms with Gasteiger partial charge in [0.25, 0.3) is 5.91 Å². The van der Waals surface area contributed by atoms with Crippen molar-refractivity contribution in [3.63, 3.8) is 0 Å². The summed E-state index contributed by atoms with van der Waals surface area (Å²) in [5.74, 6) is -1.36. The predicted molar refractivity (Wildman–Crippen MR) is 102 cm³/mol. The van der Waals surface area contributed by atoms with Gasteiger partial charge in [-0.15, -0.1) is 0 Å². The van der Waals surface area contributed by atoms with Crippen molar-refractivity contribution in [1.29, 1.82) is 0 Å². The number of hydrogen-bond donors (Lipinski definition) is 3. The van der Waals surface area contributed by atoms with E-state index < -0.39 is 36.5 Å². The molecule has 152 valence electrons. The van der Waals surface area contributed by atoms with Gasteiger partial charge in [0.1, 0.15) is 11.8 Å². The number of imide groups is 1. The number of hydrogen-bond acceptors (Lipinski definition) is 6. The zero-order valence-corrected chi connectivity index (χ0v) is 16.1. The number of carbonyl (C=O) groups is 4. The summed E-state index contributed by atoms with van der Waals surface area (Å²) in [6.45, 7) is 3.09. The second kappa shape index (κ2) is 12.1. The van der Waals surface area contributed by atoms with Gasteiger partial charge in [0, 0.05) is 12.6 Å². The monoisotopic (exact) mass is 391 g/mol. The van der Waals surface area contributed by atoms with E-state index in [1.807, 2.05) is 12.2 Å². The molecule has 0 aromatic heterocycles. The van der Waals surface area contributed by atoms with E-state index >= 15 is 0 Å². The maximum Gasteiger partial charge on any atom is 0.328 e. The minimum absolute atomic E-state index is 0.423. The number of ether oxygens (including phenoxy) is 2. The van der Waals surface area contributed by atoms with Gasteiger partial charge in [-0.05, 0) is 37.1 Å². The summed E-state index contributed by atoms with van der Waals surface area (Å²) in [6, 6.07) is 5.43. The molecule has 0 aliphatic carbocycles. The third-order valence-corrected chi connectivity index (χ3v) is 3.39. The molecule has 28 heavy (non-hydrogen) atoms. The lowest BCUT2D eigenvalue weighted by atomic mass is 10.2. The first-order valence-corrected chi connectivity index (χ1v) is 8.72. The van der Waals surface area contributed by atoms with Gasteiger partial charge in [0.05, 0.1) is 7.11 Å². The van der Waals surface area contributed by atoms with Crippen molar-refractivity contribution in [3.05, 3.63) is 35.9 Å². The van der Waals surface area contributed by atoms with Crippen LogP contribution < -0.4 is 20.7 Å². The summed E-state index contributed by atoms with van der Waals surface area (Å²) in [5.41, 5.74) is 0.782. The molecule has 0 heterocycles. The summed E-state index contributed by atoms with van der Waals surface area (Å²) >= 11 is 0. The van der Waals surface area contributed by atoms with E-state index in [0.29, 0.717) is 12.3 Å². The third-order valence-electron chi connectivity index (χ3n) is 3.39. The molecule has 0 aliphatic rings. The fourth-order valence-corrected chi connectivity index (χ4v) is 1.91. The number of rotatable bonds is 9. The van der Waals surface area contributed by atoms with E-state index in [4.69, 9.17) is 9.47 Å². The molecule has 4 amide bonds. The Balaban J connectivity index is 2.37. The van der Waals surface area contributed by atoms with Crippen LogP contribution in [0.5, 0.6) is 5.75 Å². The molecule has 1 unspecified atom stereocenters. The highest BCUT2D eigenvalue weighted by Gasteiger charge is 2.18. The maximum atomic E-state index is 11.9. The molecule has 9 heteroatoms. The molecule has 0 bridgehead atoms. The molecule has 1 aromatic carbocycles. The lowest BCUT2D eigenvalue weighted by Gasteiger charge is -2.12. The topological polar surface area (TPSA) is 123 Å². The number of carbonyl (C=O) groups excluding carboxylic acids is 4. The summed E-state index contributed by atoms with van der Waals surface area (Å²) in [7, 11) is 1.56. The number of urea groups is 1. The molecule has 1 rings (SSSR count). The maximum absolute atomic E-state index is 11.9. The zero-order valence-electron chi connectivity index (χ0n) is 16.1. The number of benzene rings is 1. The van der Waals surface area contributed by atoms with Crippen LogP contribution in [0.2, 0.25) is 0 Å². The number of methoxy groups -OCH3 is 1. The Morgan fingerprint density at radius 1 is 1.14 bits per heavy atom. The number of esters is 1. The first-order chi connectivity index (χ1) is 13.3. The van der Waals surface area contributed by atoms with Gasteiger partial charge in [0.2, 0.25) is 5.91 Å². The molecule has 1 atom stereocenters. The summed E-state index contributed by atoms with van der Waals surface area (Å²) in [5, 5.41) is 6.90. The van der Waals surface area contributed by atoms with Gasteiger partial charge in [-0.25, -0.2) is 9.59 Å². The largest absolute Gasteiger partial charge is 0.497 e. The standard InChI is InChI=1S/C19H25N3O6/c1-4-11-20-19(26)22-17(24)12-28-18(25)13(2)21-16(23)10-7-14-5-8-15(27-3)9-6-14/h5-10,13H,4,11-12H2,1-3H3,(H,21,23)(H2,20,22,24,26). The average Bonchev–Trinajstić information content (AvgIpc) is 2.69. The number of amides is 4. The SMILES string of the molecule is CCCNC(=O)NC(=O)COC(=O)C(C)NC(=O)C=Cc1ccc(OC)cc1. The van der Waals surface area contributed by atoms with Crippen LogP contribution in [0.3, 0.4) is 0 Å². The van der Waals surface area contributed by atoms with Gasteiger partial charge in [-0.3, -0.25) is 14.9 Å². The highest BCUT2D eigenvalue weighted by Crippen LogP contribution is 2.12. The second-order valence-electron chi connectivity index (χ2n) is 5.75.